The number of allylic oxidation sites excluding steroid dienone is 1. The predicted molar refractivity (Wildman–Crippen MR) is 84.9 cm³/mol. The summed E-state index contributed by atoms with van der Waals surface area (Å²) in [5, 5.41) is 7.99. The van der Waals surface area contributed by atoms with Crippen LogP contribution in [0.3, 0.4) is 0 Å². The van der Waals surface area contributed by atoms with Crippen LogP contribution in [0.15, 0.2) is 61.2 Å². The van der Waals surface area contributed by atoms with E-state index in [1.807, 2.05) is 0 Å². The molecule has 19 heavy (non-hydrogen) atoms. The minimum absolute atomic E-state index is 1.12. The molecule has 0 amide bonds. The molecule has 0 unspecified atom stereocenters. The maximum absolute atomic E-state index is 4.13. The van der Waals surface area contributed by atoms with Crippen molar-refractivity contribution in [2.24, 2.45) is 0 Å². The highest BCUT2D eigenvalue weighted by Gasteiger charge is 2.11. The van der Waals surface area contributed by atoms with Crippen LogP contribution in [0, 0.1) is 0 Å². The molecule has 0 aromatic heterocycles. The summed E-state index contributed by atoms with van der Waals surface area (Å²) < 4.78 is 0. The number of rotatable bonds is 1. The smallest absolute Gasteiger partial charge is 0.00207 e. The molecule has 0 aliphatic rings. The zero-order valence-corrected chi connectivity index (χ0v) is 10.9. The second-order valence-electron chi connectivity index (χ2n) is 5.25. The van der Waals surface area contributed by atoms with E-state index >= 15 is 0 Å². The van der Waals surface area contributed by atoms with Crippen molar-refractivity contribution in [3.8, 4) is 0 Å². The first-order chi connectivity index (χ1) is 9.25. The molecule has 0 saturated heterocycles. The monoisotopic (exact) mass is 242 g/mol. The fraction of sp³-hybridized carbons (Fsp3) is 0.0526. The normalized spacial score (nSPS) is 11.6. The van der Waals surface area contributed by atoms with Gasteiger partial charge in [-0.3, -0.25) is 0 Å². The fourth-order valence-corrected chi connectivity index (χ4v) is 3.12. The first kappa shape index (κ1) is 10.6. The molecule has 0 aliphatic heterocycles. The zero-order chi connectivity index (χ0) is 13.0. The minimum atomic E-state index is 1.12. The van der Waals surface area contributed by atoms with Crippen LogP contribution in [-0.2, 0) is 0 Å². The molecule has 0 aliphatic carbocycles. The van der Waals surface area contributed by atoms with Gasteiger partial charge in [0.25, 0.3) is 0 Å². The summed E-state index contributed by atoms with van der Waals surface area (Å²) >= 11 is 0. The van der Waals surface area contributed by atoms with E-state index in [-0.39, 0.29) is 0 Å². The van der Waals surface area contributed by atoms with E-state index in [4.69, 9.17) is 0 Å². The Bertz CT molecular complexity index is 929. The molecule has 90 valence electrons. The summed E-state index contributed by atoms with van der Waals surface area (Å²) in [7, 11) is 0. The third-order valence-corrected chi connectivity index (χ3v) is 3.97. The minimum Gasteiger partial charge on any atom is -0.0955 e. The maximum atomic E-state index is 4.13. The number of hydrogen-bond donors (Lipinski definition) is 0. The quantitative estimate of drug-likeness (QED) is 0.380. The van der Waals surface area contributed by atoms with Crippen LogP contribution < -0.4 is 0 Å². The van der Waals surface area contributed by atoms with Crippen molar-refractivity contribution >= 4 is 37.9 Å². The largest absolute Gasteiger partial charge is 0.0955 e. The van der Waals surface area contributed by atoms with E-state index in [1.54, 1.807) is 0 Å². The highest BCUT2D eigenvalue weighted by atomic mass is 14.1. The summed E-state index contributed by atoms with van der Waals surface area (Å²) in [4.78, 5) is 0. The molecule has 0 saturated carbocycles. The first-order valence-corrected chi connectivity index (χ1v) is 6.58. The summed E-state index contributed by atoms with van der Waals surface area (Å²) in [6.07, 6.45) is 0. The molecule has 0 heterocycles. The Morgan fingerprint density at radius 1 is 0.789 bits per heavy atom. The lowest BCUT2D eigenvalue weighted by atomic mass is 9.90. The summed E-state index contributed by atoms with van der Waals surface area (Å²) in [5.74, 6) is 0. The van der Waals surface area contributed by atoms with Crippen molar-refractivity contribution in [1.29, 1.82) is 0 Å². The summed E-state index contributed by atoms with van der Waals surface area (Å²) in [6, 6.07) is 19.7. The molecule has 0 N–H and O–H groups in total. The number of hydrogen-bond acceptors (Lipinski definition) is 0. The van der Waals surface area contributed by atoms with Crippen molar-refractivity contribution in [2.45, 2.75) is 6.92 Å². The van der Waals surface area contributed by atoms with E-state index < -0.39 is 0 Å². The molecule has 0 radical (unpaired) electrons. The van der Waals surface area contributed by atoms with Gasteiger partial charge < -0.3 is 0 Å². The van der Waals surface area contributed by atoms with Gasteiger partial charge in [-0.15, -0.1) is 0 Å². The van der Waals surface area contributed by atoms with E-state index in [9.17, 15) is 0 Å². The molecule has 0 fully saturated rings. The van der Waals surface area contributed by atoms with Gasteiger partial charge in [-0.2, -0.15) is 0 Å². The molecular formula is C19H14. The van der Waals surface area contributed by atoms with Gasteiger partial charge in [-0.25, -0.2) is 0 Å². The molecule has 0 heteroatoms. The Balaban J connectivity index is 2.42. The van der Waals surface area contributed by atoms with Gasteiger partial charge in [0.2, 0.25) is 0 Å². The van der Waals surface area contributed by atoms with Crippen molar-refractivity contribution < 1.29 is 0 Å². The van der Waals surface area contributed by atoms with Crippen LogP contribution >= 0.6 is 0 Å². The van der Waals surface area contributed by atoms with Gasteiger partial charge in [0, 0.05) is 0 Å². The molecule has 0 atom stereocenters. The average Bonchev–Trinajstić information content (AvgIpc) is 2.44. The topological polar surface area (TPSA) is 0 Å². The Morgan fingerprint density at radius 3 is 2.16 bits per heavy atom. The van der Waals surface area contributed by atoms with E-state index in [2.05, 4.69) is 68.1 Å². The average molecular weight is 242 g/mol. The fourth-order valence-electron chi connectivity index (χ4n) is 3.12. The Labute approximate surface area is 112 Å². The van der Waals surface area contributed by atoms with Gasteiger partial charge in [-0.1, -0.05) is 60.7 Å². The Kier molecular flexibility index (Phi) is 1.99. The van der Waals surface area contributed by atoms with Gasteiger partial charge in [-0.05, 0) is 50.9 Å². The highest BCUT2D eigenvalue weighted by molar-refractivity contribution is 6.24. The SMILES string of the molecule is C=C(C)c1cc2cccc3ccc4cccc1c4c32. The van der Waals surface area contributed by atoms with Gasteiger partial charge in [0.1, 0.15) is 0 Å². The van der Waals surface area contributed by atoms with Crippen molar-refractivity contribution in [3.05, 3.63) is 66.7 Å². The third kappa shape index (κ3) is 1.34. The molecular weight excluding hydrogens is 228 g/mol. The van der Waals surface area contributed by atoms with Crippen LogP contribution in [0.2, 0.25) is 0 Å². The summed E-state index contributed by atoms with van der Waals surface area (Å²) in [6.45, 7) is 6.22. The highest BCUT2D eigenvalue weighted by Crippen LogP contribution is 2.37. The second kappa shape index (κ2) is 3.58. The predicted octanol–water partition coefficient (Wildman–Crippen LogP) is 5.62. The van der Waals surface area contributed by atoms with Crippen molar-refractivity contribution in [1.82, 2.24) is 0 Å². The molecule has 4 aromatic rings. The molecule has 0 spiro atoms. The molecule has 0 nitrogen and oxygen atoms in total. The Hall–Kier alpha value is -2.34. The van der Waals surface area contributed by atoms with Gasteiger partial charge >= 0.3 is 0 Å². The Morgan fingerprint density at radius 2 is 1.42 bits per heavy atom. The lowest BCUT2D eigenvalue weighted by Crippen LogP contribution is -1.88. The van der Waals surface area contributed by atoms with Crippen LogP contribution in [0.5, 0.6) is 0 Å². The van der Waals surface area contributed by atoms with Gasteiger partial charge in [0.05, 0.1) is 0 Å². The van der Waals surface area contributed by atoms with E-state index in [1.165, 1.54) is 37.9 Å². The standard InChI is InChI=1S/C19H14/c1-12(2)17-11-15-7-3-5-13-9-10-14-6-4-8-16(17)19(14)18(13)15/h3-11H,1H2,2H3. The second-order valence-corrected chi connectivity index (χ2v) is 5.25. The molecule has 0 bridgehead atoms. The summed E-state index contributed by atoms with van der Waals surface area (Å²) in [5.41, 5.74) is 2.39. The van der Waals surface area contributed by atoms with Crippen LogP contribution in [0.4, 0.5) is 0 Å². The van der Waals surface area contributed by atoms with Crippen LogP contribution in [-0.4, -0.2) is 0 Å². The van der Waals surface area contributed by atoms with Crippen LogP contribution in [0.1, 0.15) is 12.5 Å². The van der Waals surface area contributed by atoms with Crippen molar-refractivity contribution in [3.63, 3.8) is 0 Å². The van der Waals surface area contributed by atoms with Crippen LogP contribution in [0.25, 0.3) is 37.9 Å². The first-order valence-electron chi connectivity index (χ1n) is 6.58. The van der Waals surface area contributed by atoms with E-state index in [0.29, 0.717) is 0 Å². The number of benzene rings is 4. The zero-order valence-electron chi connectivity index (χ0n) is 10.9. The van der Waals surface area contributed by atoms with E-state index in [0.717, 1.165) is 5.57 Å². The lowest BCUT2D eigenvalue weighted by Gasteiger charge is -2.14. The van der Waals surface area contributed by atoms with Gasteiger partial charge in [0.15, 0.2) is 0 Å². The van der Waals surface area contributed by atoms with Crippen molar-refractivity contribution in [2.75, 3.05) is 0 Å². The lowest BCUT2D eigenvalue weighted by molar-refractivity contribution is 1.67. The maximum Gasteiger partial charge on any atom is -0.00207 e. The molecule has 4 aromatic carbocycles. The third-order valence-electron chi connectivity index (χ3n) is 3.97. The molecule has 4 rings (SSSR count).